The molecule has 1 N–H and O–H groups in total. The molecule has 0 unspecified atom stereocenters. The molecule has 1 aromatic carbocycles. The maximum absolute atomic E-state index is 13.0. The molecule has 0 bridgehead atoms. The zero-order valence-corrected chi connectivity index (χ0v) is 14.6. The van der Waals surface area contributed by atoms with Crippen molar-refractivity contribution in [2.45, 2.75) is 26.3 Å². The van der Waals surface area contributed by atoms with Crippen LogP contribution < -0.4 is 0 Å². The van der Waals surface area contributed by atoms with Gasteiger partial charge in [-0.05, 0) is 31.5 Å². The number of aliphatic hydroxyl groups is 1. The predicted molar refractivity (Wildman–Crippen MR) is 92.2 cm³/mol. The van der Waals surface area contributed by atoms with Gasteiger partial charge in [-0.1, -0.05) is 12.1 Å². The standard InChI is InChI=1S/C18H17FN2O3S/c1-10(2)21-9-14(16(23)18(21)24)15(22)17-20-8-13(25-17)7-11-3-5-12(19)6-4-11/h3-6,8,10,23H,7,9H2,1-2H3. The van der Waals surface area contributed by atoms with Gasteiger partial charge in [-0.3, -0.25) is 9.59 Å². The van der Waals surface area contributed by atoms with E-state index >= 15 is 0 Å². The SMILES string of the molecule is CC(C)N1CC(C(=O)c2ncc(Cc3ccc(F)cc3)s2)=C(O)C1=O. The van der Waals surface area contributed by atoms with E-state index in [4.69, 9.17) is 0 Å². The van der Waals surface area contributed by atoms with E-state index in [1.807, 2.05) is 13.8 Å². The molecule has 0 aliphatic carbocycles. The second kappa shape index (κ2) is 6.76. The molecule has 1 aliphatic heterocycles. The Bertz CT molecular complexity index is 855. The average Bonchev–Trinajstić information content (AvgIpc) is 3.15. The quantitative estimate of drug-likeness (QED) is 0.832. The van der Waals surface area contributed by atoms with Gasteiger partial charge in [-0.25, -0.2) is 9.37 Å². The fourth-order valence-corrected chi connectivity index (χ4v) is 3.52. The number of hydrogen-bond acceptors (Lipinski definition) is 5. The van der Waals surface area contributed by atoms with Crippen LogP contribution >= 0.6 is 11.3 Å². The van der Waals surface area contributed by atoms with Crippen molar-refractivity contribution >= 4 is 23.0 Å². The van der Waals surface area contributed by atoms with E-state index in [1.165, 1.54) is 28.4 Å². The molecule has 1 aliphatic rings. The molecule has 0 spiro atoms. The molecule has 2 heterocycles. The highest BCUT2D eigenvalue weighted by atomic mass is 32.1. The van der Waals surface area contributed by atoms with Crippen LogP contribution in [0.15, 0.2) is 41.8 Å². The summed E-state index contributed by atoms with van der Waals surface area (Å²) in [4.78, 5) is 31.0. The summed E-state index contributed by atoms with van der Waals surface area (Å²) in [5.41, 5.74) is 0.995. The molecule has 25 heavy (non-hydrogen) atoms. The van der Waals surface area contributed by atoms with Gasteiger partial charge in [-0.15, -0.1) is 11.3 Å². The Morgan fingerprint density at radius 1 is 1.36 bits per heavy atom. The number of rotatable bonds is 5. The molecule has 1 amide bonds. The lowest BCUT2D eigenvalue weighted by Crippen LogP contribution is -2.34. The molecule has 0 atom stereocenters. The third-order valence-corrected chi connectivity index (χ3v) is 5.01. The van der Waals surface area contributed by atoms with Crippen molar-refractivity contribution in [3.05, 3.63) is 63.1 Å². The summed E-state index contributed by atoms with van der Waals surface area (Å²) in [6, 6.07) is 6.03. The summed E-state index contributed by atoms with van der Waals surface area (Å²) >= 11 is 1.21. The highest BCUT2D eigenvalue weighted by Gasteiger charge is 2.36. The summed E-state index contributed by atoms with van der Waals surface area (Å²) in [5.74, 6) is -1.74. The second-order valence-electron chi connectivity index (χ2n) is 6.12. The lowest BCUT2D eigenvalue weighted by molar-refractivity contribution is -0.129. The van der Waals surface area contributed by atoms with E-state index < -0.39 is 17.4 Å². The van der Waals surface area contributed by atoms with Gasteiger partial charge in [0.15, 0.2) is 10.8 Å². The van der Waals surface area contributed by atoms with Gasteiger partial charge in [-0.2, -0.15) is 0 Å². The monoisotopic (exact) mass is 360 g/mol. The van der Waals surface area contributed by atoms with Gasteiger partial charge >= 0.3 is 0 Å². The van der Waals surface area contributed by atoms with E-state index in [0.717, 1.165) is 10.4 Å². The predicted octanol–water partition coefficient (Wildman–Crippen LogP) is 3.12. The van der Waals surface area contributed by atoms with Crippen molar-refractivity contribution in [1.29, 1.82) is 0 Å². The minimum absolute atomic E-state index is 0.0846. The normalized spacial score (nSPS) is 14.7. The number of amides is 1. The second-order valence-corrected chi connectivity index (χ2v) is 7.23. The molecule has 7 heteroatoms. The number of thiazole rings is 1. The number of carbonyl (C=O) groups is 2. The lowest BCUT2D eigenvalue weighted by Gasteiger charge is -2.20. The highest BCUT2D eigenvalue weighted by molar-refractivity contribution is 7.13. The number of benzene rings is 1. The van der Waals surface area contributed by atoms with Crippen LogP contribution in [0.25, 0.3) is 0 Å². The first-order valence-electron chi connectivity index (χ1n) is 7.83. The zero-order chi connectivity index (χ0) is 18.1. The Labute approximate surface area is 148 Å². The third kappa shape index (κ3) is 3.46. The highest BCUT2D eigenvalue weighted by Crippen LogP contribution is 2.25. The number of aliphatic hydroxyl groups excluding tert-OH is 1. The van der Waals surface area contributed by atoms with E-state index in [-0.39, 0.29) is 29.0 Å². The Balaban J connectivity index is 1.77. The molecular weight excluding hydrogens is 343 g/mol. The molecule has 3 rings (SSSR count). The Hall–Kier alpha value is -2.54. The van der Waals surface area contributed by atoms with E-state index in [9.17, 15) is 19.1 Å². The van der Waals surface area contributed by atoms with Crippen molar-refractivity contribution in [3.8, 4) is 0 Å². The van der Waals surface area contributed by atoms with E-state index in [2.05, 4.69) is 4.98 Å². The molecule has 5 nitrogen and oxygen atoms in total. The van der Waals surface area contributed by atoms with Crippen LogP contribution in [-0.4, -0.2) is 39.3 Å². The van der Waals surface area contributed by atoms with Gasteiger partial charge in [0.25, 0.3) is 5.91 Å². The Kier molecular flexibility index (Phi) is 4.67. The largest absolute Gasteiger partial charge is 0.503 e. The Morgan fingerprint density at radius 3 is 2.64 bits per heavy atom. The molecular formula is C18H17FN2O3S. The molecule has 0 fully saturated rings. The van der Waals surface area contributed by atoms with Crippen LogP contribution in [0.1, 0.15) is 34.1 Å². The van der Waals surface area contributed by atoms with Crippen molar-refractivity contribution in [2.75, 3.05) is 6.54 Å². The molecule has 130 valence electrons. The fourth-order valence-electron chi connectivity index (χ4n) is 2.61. The molecule has 2 aromatic rings. The number of hydrogen-bond donors (Lipinski definition) is 1. The number of Topliss-reactive ketones (excluding diaryl/α,β-unsaturated/α-hetero) is 1. The fraction of sp³-hybridized carbons (Fsp3) is 0.278. The van der Waals surface area contributed by atoms with Crippen LogP contribution in [0.4, 0.5) is 4.39 Å². The van der Waals surface area contributed by atoms with Crippen LogP contribution in [0.5, 0.6) is 0 Å². The zero-order valence-electron chi connectivity index (χ0n) is 13.8. The number of ketones is 1. The molecule has 1 aromatic heterocycles. The molecule has 0 radical (unpaired) electrons. The number of carbonyl (C=O) groups excluding carboxylic acids is 2. The van der Waals surface area contributed by atoms with Crippen LogP contribution in [0, 0.1) is 5.82 Å². The first-order valence-corrected chi connectivity index (χ1v) is 8.65. The van der Waals surface area contributed by atoms with Crippen molar-refractivity contribution in [3.63, 3.8) is 0 Å². The topological polar surface area (TPSA) is 70.5 Å². The number of halogens is 1. The van der Waals surface area contributed by atoms with E-state index in [0.29, 0.717) is 6.42 Å². The Morgan fingerprint density at radius 2 is 2.04 bits per heavy atom. The molecule has 0 saturated heterocycles. The number of nitrogens with zero attached hydrogens (tertiary/aromatic N) is 2. The van der Waals surface area contributed by atoms with Crippen molar-refractivity contribution in [1.82, 2.24) is 9.88 Å². The van der Waals surface area contributed by atoms with Gasteiger partial charge in [0.05, 0.1) is 12.1 Å². The van der Waals surface area contributed by atoms with Gasteiger partial charge in [0, 0.05) is 23.5 Å². The van der Waals surface area contributed by atoms with Gasteiger partial charge in [0.2, 0.25) is 5.78 Å². The summed E-state index contributed by atoms with van der Waals surface area (Å²) in [7, 11) is 0. The van der Waals surface area contributed by atoms with Crippen LogP contribution in [0.3, 0.4) is 0 Å². The molecule has 0 saturated carbocycles. The third-order valence-electron chi connectivity index (χ3n) is 4.01. The lowest BCUT2D eigenvalue weighted by atomic mass is 10.1. The minimum atomic E-state index is -0.526. The summed E-state index contributed by atoms with van der Waals surface area (Å²) in [6.07, 6.45) is 2.13. The first-order chi connectivity index (χ1) is 11.9. The summed E-state index contributed by atoms with van der Waals surface area (Å²) < 4.78 is 13.0. The van der Waals surface area contributed by atoms with Gasteiger partial charge in [0.1, 0.15) is 5.82 Å². The van der Waals surface area contributed by atoms with Crippen LogP contribution in [-0.2, 0) is 11.2 Å². The number of aromatic nitrogens is 1. The summed E-state index contributed by atoms with van der Waals surface area (Å²) in [5, 5.41) is 10.2. The maximum Gasteiger partial charge on any atom is 0.289 e. The maximum atomic E-state index is 13.0. The average molecular weight is 360 g/mol. The van der Waals surface area contributed by atoms with Gasteiger partial charge < -0.3 is 10.0 Å². The van der Waals surface area contributed by atoms with Crippen molar-refractivity contribution in [2.24, 2.45) is 0 Å². The first kappa shape index (κ1) is 17.3. The summed E-state index contributed by atoms with van der Waals surface area (Å²) in [6.45, 7) is 3.74. The van der Waals surface area contributed by atoms with E-state index in [1.54, 1.807) is 18.3 Å². The van der Waals surface area contributed by atoms with Crippen LogP contribution in [0.2, 0.25) is 0 Å². The minimum Gasteiger partial charge on any atom is -0.503 e. The smallest absolute Gasteiger partial charge is 0.289 e. The van der Waals surface area contributed by atoms with Crippen molar-refractivity contribution < 1.29 is 19.1 Å².